The zero-order valence-electron chi connectivity index (χ0n) is 12.8. The van der Waals surface area contributed by atoms with Gasteiger partial charge in [0, 0.05) is 12.4 Å². The number of H-pyrrole nitrogens is 1. The van der Waals surface area contributed by atoms with E-state index in [1.54, 1.807) is 19.5 Å². The Balaban J connectivity index is 1.79. The highest BCUT2D eigenvalue weighted by molar-refractivity contribution is 5.88. The lowest BCUT2D eigenvalue weighted by Crippen LogP contribution is -2.42. The molecule has 0 atom stereocenters. The predicted octanol–water partition coefficient (Wildman–Crippen LogP) is 2.55. The van der Waals surface area contributed by atoms with Crippen molar-refractivity contribution in [3.63, 3.8) is 0 Å². The molecule has 2 aromatic rings. The van der Waals surface area contributed by atoms with E-state index in [2.05, 4.69) is 15.3 Å². The SMILES string of the molecule is COc1ccc(C2(C(=O)NCc3ncc[nH]3)CCCC2)cc1. The van der Waals surface area contributed by atoms with Crippen LogP contribution in [0.5, 0.6) is 5.75 Å². The molecule has 2 N–H and O–H groups in total. The number of benzene rings is 1. The molecule has 5 heteroatoms. The summed E-state index contributed by atoms with van der Waals surface area (Å²) in [5.74, 6) is 1.68. The number of hydrogen-bond donors (Lipinski definition) is 2. The van der Waals surface area contributed by atoms with Crippen molar-refractivity contribution in [1.29, 1.82) is 0 Å². The molecular formula is C17H21N3O2. The van der Waals surface area contributed by atoms with Crippen molar-refractivity contribution in [3.8, 4) is 5.75 Å². The van der Waals surface area contributed by atoms with Crippen molar-refractivity contribution in [2.45, 2.75) is 37.6 Å². The molecular weight excluding hydrogens is 278 g/mol. The van der Waals surface area contributed by atoms with Crippen molar-refractivity contribution < 1.29 is 9.53 Å². The van der Waals surface area contributed by atoms with E-state index in [4.69, 9.17) is 4.74 Å². The van der Waals surface area contributed by atoms with Crippen molar-refractivity contribution in [2.75, 3.05) is 7.11 Å². The number of carbonyl (C=O) groups is 1. The largest absolute Gasteiger partial charge is 0.497 e. The molecule has 3 rings (SSSR count). The molecule has 0 spiro atoms. The molecule has 0 saturated heterocycles. The van der Waals surface area contributed by atoms with E-state index in [0.29, 0.717) is 6.54 Å². The van der Waals surface area contributed by atoms with Crippen molar-refractivity contribution in [1.82, 2.24) is 15.3 Å². The monoisotopic (exact) mass is 299 g/mol. The second kappa shape index (κ2) is 6.22. The number of ether oxygens (including phenoxy) is 1. The maximum atomic E-state index is 12.8. The number of imidazole rings is 1. The van der Waals surface area contributed by atoms with Crippen LogP contribution in [0.4, 0.5) is 0 Å². The Morgan fingerprint density at radius 2 is 2.05 bits per heavy atom. The van der Waals surface area contributed by atoms with Gasteiger partial charge in [-0.3, -0.25) is 4.79 Å². The molecule has 1 fully saturated rings. The van der Waals surface area contributed by atoms with Crippen LogP contribution in [0, 0.1) is 0 Å². The number of aromatic nitrogens is 2. The third-order valence-corrected chi connectivity index (χ3v) is 4.51. The van der Waals surface area contributed by atoms with E-state index in [0.717, 1.165) is 42.8 Å². The topological polar surface area (TPSA) is 67.0 Å². The smallest absolute Gasteiger partial charge is 0.231 e. The molecule has 0 aliphatic heterocycles. The van der Waals surface area contributed by atoms with Crippen LogP contribution in [0.2, 0.25) is 0 Å². The first kappa shape index (κ1) is 14.6. The molecule has 1 saturated carbocycles. The third-order valence-electron chi connectivity index (χ3n) is 4.51. The minimum Gasteiger partial charge on any atom is -0.497 e. The Bertz CT molecular complexity index is 614. The fourth-order valence-corrected chi connectivity index (χ4v) is 3.26. The van der Waals surface area contributed by atoms with Gasteiger partial charge in [-0.1, -0.05) is 25.0 Å². The minimum absolute atomic E-state index is 0.0894. The summed E-state index contributed by atoms with van der Waals surface area (Å²) in [5.41, 5.74) is 0.654. The number of carbonyl (C=O) groups excluding carboxylic acids is 1. The summed E-state index contributed by atoms with van der Waals surface area (Å²) in [6.45, 7) is 0.434. The summed E-state index contributed by atoms with van der Waals surface area (Å²) in [6, 6.07) is 7.87. The maximum Gasteiger partial charge on any atom is 0.231 e. The molecule has 1 amide bonds. The average Bonchev–Trinajstić information content (AvgIpc) is 3.25. The van der Waals surface area contributed by atoms with Crippen LogP contribution in [-0.4, -0.2) is 23.0 Å². The Labute approximate surface area is 130 Å². The second-order valence-corrected chi connectivity index (χ2v) is 5.74. The van der Waals surface area contributed by atoms with Gasteiger partial charge in [0.05, 0.1) is 19.1 Å². The molecule has 1 aromatic heterocycles. The van der Waals surface area contributed by atoms with E-state index < -0.39 is 5.41 Å². The molecule has 1 aliphatic carbocycles. The fourth-order valence-electron chi connectivity index (χ4n) is 3.26. The van der Waals surface area contributed by atoms with Crippen molar-refractivity contribution in [2.24, 2.45) is 0 Å². The minimum atomic E-state index is -0.418. The zero-order chi connectivity index (χ0) is 15.4. The first-order chi connectivity index (χ1) is 10.7. The van der Waals surface area contributed by atoms with Crippen LogP contribution in [0.1, 0.15) is 37.1 Å². The Morgan fingerprint density at radius 1 is 1.32 bits per heavy atom. The number of methoxy groups -OCH3 is 1. The number of aromatic amines is 1. The zero-order valence-corrected chi connectivity index (χ0v) is 12.8. The van der Waals surface area contributed by atoms with Crippen LogP contribution >= 0.6 is 0 Å². The van der Waals surface area contributed by atoms with Gasteiger partial charge in [-0.25, -0.2) is 4.98 Å². The summed E-state index contributed by atoms with van der Waals surface area (Å²) in [5, 5.41) is 3.03. The number of amides is 1. The van der Waals surface area contributed by atoms with Crippen molar-refractivity contribution in [3.05, 3.63) is 48.0 Å². The van der Waals surface area contributed by atoms with Crippen LogP contribution in [0.3, 0.4) is 0 Å². The summed E-state index contributed by atoms with van der Waals surface area (Å²) >= 11 is 0. The maximum absolute atomic E-state index is 12.8. The van der Waals surface area contributed by atoms with Gasteiger partial charge in [0.25, 0.3) is 0 Å². The van der Waals surface area contributed by atoms with Gasteiger partial charge >= 0.3 is 0 Å². The van der Waals surface area contributed by atoms with Crippen molar-refractivity contribution >= 4 is 5.91 Å². The lowest BCUT2D eigenvalue weighted by molar-refractivity contribution is -0.126. The number of nitrogens with one attached hydrogen (secondary N) is 2. The predicted molar refractivity (Wildman–Crippen MR) is 83.6 cm³/mol. The molecule has 0 bridgehead atoms. The fraction of sp³-hybridized carbons (Fsp3) is 0.412. The van der Waals surface area contributed by atoms with E-state index >= 15 is 0 Å². The quantitative estimate of drug-likeness (QED) is 0.891. The summed E-state index contributed by atoms with van der Waals surface area (Å²) in [4.78, 5) is 20.0. The van der Waals surface area contributed by atoms with Gasteiger partial charge in [-0.05, 0) is 30.5 Å². The third kappa shape index (κ3) is 2.71. The van der Waals surface area contributed by atoms with Gasteiger partial charge < -0.3 is 15.0 Å². The van der Waals surface area contributed by atoms with Crippen LogP contribution < -0.4 is 10.1 Å². The number of nitrogens with zero attached hydrogens (tertiary/aromatic N) is 1. The van der Waals surface area contributed by atoms with Crippen LogP contribution in [-0.2, 0) is 16.8 Å². The van der Waals surface area contributed by atoms with E-state index in [-0.39, 0.29) is 5.91 Å². The number of rotatable bonds is 5. The first-order valence-electron chi connectivity index (χ1n) is 7.66. The molecule has 1 heterocycles. The molecule has 0 radical (unpaired) electrons. The Kier molecular flexibility index (Phi) is 4.13. The summed E-state index contributed by atoms with van der Waals surface area (Å²) in [7, 11) is 1.65. The highest BCUT2D eigenvalue weighted by Gasteiger charge is 2.42. The van der Waals surface area contributed by atoms with E-state index in [9.17, 15) is 4.79 Å². The summed E-state index contributed by atoms with van der Waals surface area (Å²) in [6.07, 6.45) is 7.40. The molecule has 5 nitrogen and oxygen atoms in total. The van der Waals surface area contributed by atoms with E-state index in [1.807, 2.05) is 24.3 Å². The second-order valence-electron chi connectivity index (χ2n) is 5.74. The molecule has 1 aromatic carbocycles. The summed E-state index contributed by atoms with van der Waals surface area (Å²) < 4.78 is 5.21. The van der Waals surface area contributed by atoms with Gasteiger partial charge in [-0.2, -0.15) is 0 Å². The standard InChI is InChI=1S/C17H21N3O2/c1-22-14-6-4-13(5-7-14)17(8-2-3-9-17)16(21)20-12-15-18-10-11-19-15/h4-7,10-11H,2-3,8-9,12H2,1H3,(H,18,19)(H,20,21). The number of hydrogen-bond acceptors (Lipinski definition) is 3. The molecule has 1 aliphatic rings. The normalized spacial score (nSPS) is 16.4. The molecule has 0 unspecified atom stereocenters. The van der Waals surface area contributed by atoms with Gasteiger partial charge in [0.15, 0.2) is 0 Å². The molecule has 116 valence electrons. The van der Waals surface area contributed by atoms with Gasteiger partial charge in [0.2, 0.25) is 5.91 Å². The van der Waals surface area contributed by atoms with Gasteiger partial charge in [0.1, 0.15) is 11.6 Å². The van der Waals surface area contributed by atoms with Crippen LogP contribution in [0.15, 0.2) is 36.7 Å². The highest BCUT2D eigenvalue weighted by Crippen LogP contribution is 2.41. The lowest BCUT2D eigenvalue weighted by atomic mass is 9.78. The average molecular weight is 299 g/mol. The Hall–Kier alpha value is -2.30. The van der Waals surface area contributed by atoms with E-state index in [1.165, 1.54) is 0 Å². The van der Waals surface area contributed by atoms with Crippen LogP contribution in [0.25, 0.3) is 0 Å². The first-order valence-corrected chi connectivity index (χ1v) is 7.66. The lowest BCUT2D eigenvalue weighted by Gasteiger charge is -2.28. The Morgan fingerprint density at radius 3 is 2.64 bits per heavy atom. The highest BCUT2D eigenvalue weighted by atomic mass is 16.5. The van der Waals surface area contributed by atoms with Gasteiger partial charge in [-0.15, -0.1) is 0 Å². The molecule has 22 heavy (non-hydrogen) atoms.